The van der Waals surface area contributed by atoms with Crippen molar-refractivity contribution in [3.8, 4) is 0 Å². The topological polar surface area (TPSA) is 15.3 Å². The second kappa shape index (κ2) is 7.42. The van der Waals surface area contributed by atoms with Gasteiger partial charge in [-0.05, 0) is 44.3 Å². The first kappa shape index (κ1) is 16.5. The molecule has 1 aromatic carbocycles. The van der Waals surface area contributed by atoms with Crippen molar-refractivity contribution in [2.75, 3.05) is 20.1 Å². The van der Waals surface area contributed by atoms with Crippen LogP contribution in [0, 0.1) is 5.41 Å². The van der Waals surface area contributed by atoms with Crippen LogP contribution in [0.1, 0.15) is 58.1 Å². The molecule has 1 N–H and O–H groups in total. The van der Waals surface area contributed by atoms with E-state index in [1.54, 1.807) is 0 Å². The molecule has 1 heterocycles. The van der Waals surface area contributed by atoms with Crippen molar-refractivity contribution >= 4 is 0 Å². The highest BCUT2D eigenvalue weighted by Gasteiger charge is 2.33. The van der Waals surface area contributed by atoms with Crippen molar-refractivity contribution in [1.82, 2.24) is 10.2 Å². The van der Waals surface area contributed by atoms with E-state index < -0.39 is 0 Å². The molecule has 0 amide bonds. The lowest BCUT2D eigenvalue weighted by atomic mass is 9.79. The maximum Gasteiger partial charge on any atom is 0.0381 e. The summed E-state index contributed by atoms with van der Waals surface area (Å²) in [5.41, 5.74) is 1.61. The van der Waals surface area contributed by atoms with Crippen LogP contribution in [-0.2, 0) is 0 Å². The summed E-state index contributed by atoms with van der Waals surface area (Å²) >= 11 is 0. The number of benzene rings is 1. The number of hydrogen-bond acceptors (Lipinski definition) is 2. The molecule has 118 valence electrons. The van der Waals surface area contributed by atoms with Crippen molar-refractivity contribution in [1.29, 1.82) is 0 Å². The third-order valence-electron chi connectivity index (χ3n) is 5.00. The quantitative estimate of drug-likeness (QED) is 0.872. The lowest BCUT2D eigenvalue weighted by Crippen LogP contribution is -2.45. The van der Waals surface area contributed by atoms with E-state index in [0.717, 1.165) is 12.6 Å². The molecular formula is C19H32N2. The van der Waals surface area contributed by atoms with Gasteiger partial charge in [0.1, 0.15) is 0 Å². The fraction of sp³-hybridized carbons (Fsp3) is 0.684. The third kappa shape index (κ3) is 4.31. The molecule has 1 saturated heterocycles. The first-order valence-corrected chi connectivity index (χ1v) is 8.51. The number of nitrogens with one attached hydrogen (secondary N) is 1. The minimum Gasteiger partial charge on any atom is -0.313 e. The molecule has 1 aliphatic rings. The van der Waals surface area contributed by atoms with Crippen LogP contribution in [0.5, 0.6) is 0 Å². The van der Waals surface area contributed by atoms with Crippen LogP contribution in [0.2, 0.25) is 0 Å². The van der Waals surface area contributed by atoms with E-state index in [1.807, 2.05) is 0 Å². The molecule has 0 bridgehead atoms. The molecule has 21 heavy (non-hydrogen) atoms. The molecule has 2 heteroatoms. The molecule has 0 saturated carbocycles. The average molecular weight is 288 g/mol. The van der Waals surface area contributed by atoms with Gasteiger partial charge in [0.05, 0.1) is 0 Å². The molecule has 1 aliphatic heterocycles. The van der Waals surface area contributed by atoms with Gasteiger partial charge >= 0.3 is 0 Å². The third-order valence-corrected chi connectivity index (χ3v) is 5.00. The van der Waals surface area contributed by atoms with Gasteiger partial charge in [0, 0.05) is 18.6 Å². The second-order valence-electron chi connectivity index (χ2n) is 7.29. The van der Waals surface area contributed by atoms with E-state index >= 15 is 0 Å². The molecule has 0 aliphatic carbocycles. The lowest BCUT2D eigenvalue weighted by Gasteiger charge is -2.40. The Morgan fingerprint density at radius 3 is 2.57 bits per heavy atom. The maximum absolute atomic E-state index is 3.55. The zero-order valence-corrected chi connectivity index (χ0v) is 14.2. The van der Waals surface area contributed by atoms with E-state index in [2.05, 4.69) is 68.4 Å². The number of hydrogen-bond donors (Lipinski definition) is 1. The summed E-state index contributed by atoms with van der Waals surface area (Å²) in [6.45, 7) is 9.63. The average Bonchev–Trinajstić information content (AvgIpc) is 2.65. The van der Waals surface area contributed by atoms with E-state index in [-0.39, 0.29) is 5.41 Å². The van der Waals surface area contributed by atoms with E-state index in [1.165, 1.54) is 37.8 Å². The number of nitrogens with zero attached hydrogens (tertiary/aromatic N) is 1. The molecule has 0 aromatic heterocycles. The van der Waals surface area contributed by atoms with Crippen molar-refractivity contribution in [2.45, 2.75) is 58.5 Å². The summed E-state index contributed by atoms with van der Waals surface area (Å²) in [7, 11) is 2.09. The Labute approximate surface area is 130 Å². The van der Waals surface area contributed by atoms with Gasteiger partial charge in [0.2, 0.25) is 0 Å². The van der Waals surface area contributed by atoms with E-state index in [9.17, 15) is 0 Å². The van der Waals surface area contributed by atoms with Crippen LogP contribution >= 0.6 is 0 Å². The second-order valence-corrected chi connectivity index (χ2v) is 7.29. The minimum atomic E-state index is 0.217. The van der Waals surface area contributed by atoms with Gasteiger partial charge in [-0.25, -0.2) is 0 Å². The highest BCUT2D eigenvalue weighted by molar-refractivity contribution is 5.21. The maximum atomic E-state index is 3.55. The van der Waals surface area contributed by atoms with Crippen molar-refractivity contribution in [2.24, 2.45) is 5.41 Å². The molecule has 1 aromatic rings. The van der Waals surface area contributed by atoms with Crippen molar-refractivity contribution in [3.05, 3.63) is 35.9 Å². The van der Waals surface area contributed by atoms with Gasteiger partial charge in [-0.1, -0.05) is 57.0 Å². The normalized spacial score (nSPS) is 22.8. The summed E-state index contributed by atoms with van der Waals surface area (Å²) in [6, 6.07) is 12.0. The SMILES string of the molecule is CNC(c1ccccc1)C(C)(C)CN1CCCCCC1C. The molecule has 2 rings (SSSR count). The van der Waals surface area contributed by atoms with Gasteiger partial charge in [-0.15, -0.1) is 0 Å². The van der Waals surface area contributed by atoms with Gasteiger partial charge in [0.15, 0.2) is 0 Å². The summed E-state index contributed by atoms with van der Waals surface area (Å²) in [5.74, 6) is 0. The van der Waals surface area contributed by atoms with E-state index in [4.69, 9.17) is 0 Å². The Kier molecular flexibility index (Phi) is 5.83. The Balaban J connectivity index is 2.11. The molecule has 0 radical (unpaired) electrons. The Hall–Kier alpha value is -0.860. The van der Waals surface area contributed by atoms with Crippen LogP contribution in [-0.4, -0.2) is 31.1 Å². The monoisotopic (exact) mass is 288 g/mol. The fourth-order valence-electron chi connectivity index (χ4n) is 3.84. The number of likely N-dealkylation sites (tertiary alicyclic amines) is 1. The number of rotatable bonds is 5. The van der Waals surface area contributed by atoms with Crippen molar-refractivity contribution < 1.29 is 0 Å². The van der Waals surface area contributed by atoms with Crippen LogP contribution in [0.4, 0.5) is 0 Å². The van der Waals surface area contributed by atoms with Gasteiger partial charge in [-0.2, -0.15) is 0 Å². The molecule has 2 atom stereocenters. The van der Waals surface area contributed by atoms with Gasteiger partial charge < -0.3 is 10.2 Å². The first-order chi connectivity index (χ1) is 10.0. The van der Waals surface area contributed by atoms with Gasteiger partial charge in [0.25, 0.3) is 0 Å². The smallest absolute Gasteiger partial charge is 0.0381 e. The summed E-state index contributed by atoms with van der Waals surface area (Å²) in [4.78, 5) is 2.71. The lowest BCUT2D eigenvalue weighted by molar-refractivity contribution is 0.111. The molecule has 0 spiro atoms. The molecule has 1 fully saturated rings. The Morgan fingerprint density at radius 2 is 1.90 bits per heavy atom. The standard InChI is InChI=1S/C19H32N2/c1-16-11-7-6-10-14-21(16)15-19(2,3)18(20-4)17-12-8-5-9-13-17/h5,8-9,12-13,16,18,20H,6-7,10-11,14-15H2,1-4H3. The Bertz CT molecular complexity index is 413. The van der Waals surface area contributed by atoms with Crippen molar-refractivity contribution in [3.63, 3.8) is 0 Å². The predicted octanol–water partition coefficient (Wildman–Crippen LogP) is 4.24. The molecular weight excluding hydrogens is 256 g/mol. The predicted molar refractivity (Wildman–Crippen MR) is 91.5 cm³/mol. The Morgan fingerprint density at radius 1 is 1.19 bits per heavy atom. The summed E-state index contributed by atoms with van der Waals surface area (Å²) < 4.78 is 0. The zero-order valence-electron chi connectivity index (χ0n) is 14.2. The highest BCUT2D eigenvalue weighted by Crippen LogP contribution is 2.35. The van der Waals surface area contributed by atoms with Crippen LogP contribution in [0.3, 0.4) is 0 Å². The summed E-state index contributed by atoms with van der Waals surface area (Å²) in [6.07, 6.45) is 5.50. The fourth-order valence-corrected chi connectivity index (χ4v) is 3.84. The zero-order chi connectivity index (χ0) is 15.3. The molecule has 2 unspecified atom stereocenters. The first-order valence-electron chi connectivity index (χ1n) is 8.51. The minimum absolute atomic E-state index is 0.217. The highest BCUT2D eigenvalue weighted by atomic mass is 15.2. The largest absolute Gasteiger partial charge is 0.313 e. The van der Waals surface area contributed by atoms with E-state index in [0.29, 0.717) is 6.04 Å². The molecule has 2 nitrogen and oxygen atoms in total. The van der Waals surface area contributed by atoms with Crippen LogP contribution in [0.25, 0.3) is 0 Å². The van der Waals surface area contributed by atoms with Crippen LogP contribution in [0.15, 0.2) is 30.3 Å². The van der Waals surface area contributed by atoms with Gasteiger partial charge in [-0.3, -0.25) is 0 Å². The summed E-state index contributed by atoms with van der Waals surface area (Å²) in [5, 5.41) is 3.55. The van der Waals surface area contributed by atoms with Crippen LogP contribution < -0.4 is 5.32 Å².